The number of carbonyl (C=O) groups excluding carboxylic acids is 1. The molecule has 0 aliphatic carbocycles. The van der Waals surface area contributed by atoms with Crippen LogP contribution in [0.15, 0.2) is 18.2 Å². The lowest BCUT2D eigenvalue weighted by Crippen LogP contribution is -2.47. The molecule has 1 aliphatic heterocycles. The minimum atomic E-state index is -0.688. The second kappa shape index (κ2) is 8.67. The molecular weight excluding hydrogens is 328 g/mol. The van der Waals surface area contributed by atoms with E-state index in [-0.39, 0.29) is 11.9 Å². The molecule has 0 aromatic heterocycles. The first kappa shape index (κ1) is 20.4. The number of carboxylic acids is 1. The van der Waals surface area contributed by atoms with Crippen LogP contribution in [0.2, 0.25) is 0 Å². The van der Waals surface area contributed by atoms with Crippen LogP contribution in [-0.2, 0) is 9.59 Å². The highest BCUT2D eigenvalue weighted by Gasteiger charge is 2.40. The average Bonchev–Trinajstić information content (AvgIpc) is 2.58. The van der Waals surface area contributed by atoms with Gasteiger partial charge in [-0.25, -0.2) is 0 Å². The molecule has 0 saturated carbocycles. The fourth-order valence-corrected chi connectivity index (χ4v) is 3.98. The van der Waals surface area contributed by atoms with Gasteiger partial charge in [-0.2, -0.15) is 0 Å². The zero-order valence-corrected chi connectivity index (χ0v) is 16.5. The number of carboxylic acid groups (broad SMARTS) is 1. The normalized spacial score (nSPS) is 18.3. The SMILES string of the molecule is CCCC1(C(=O)O)CCN(CC(=O)NC(C)c2cc(C)ccc2C)CC1. The van der Waals surface area contributed by atoms with Gasteiger partial charge in [-0.05, 0) is 64.3 Å². The van der Waals surface area contributed by atoms with Crippen molar-refractivity contribution in [1.29, 1.82) is 0 Å². The second-order valence-corrected chi connectivity index (χ2v) is 7.76. The van der Waals surface area contributed by atoms with E-state index >= 15 is 0 Å². The molecule has 0 bridgehead atoms. The van der Waals surface area contributed by atoms with Crippen molar-refractivity contribution in [1.82, 2.24) is 10.2 Å². The quantitative estimate of drug-likeness (QED) is 0.781. The van der Waals surface area contributed by atoms with Gasteiger partial charge in [0, 0.05) is 0 Å². The number of aliphatic carboxylic acids is 1. The number of piperidine rings is 1. The Labute approximate surface area is 156 Å². The van der Waals surface area contributed by atoms with Gasteiger partial charge in [0.1, 0.15) is 0 Å². The molecule has 1 amide bonds. The number of aryl methyl sites for hydroxylation is 2. The Morgan fingerprint density at radius 1 is 1.27 bits per heavy atom. The largest absolute Gasteiger partial charge is 0.481 e. The van der Waals surface area contributed by atoms with Crippen molar-refractivity contribution < 1.29 is 14.7 Å². The molecule has 1 unspecified atom stereocenters. The Morgan fingerprint density at radius 2 is 1.92 bits per heavy atom. The van der Waals surface area contributed by atoms with E-state index in [0.717, 1.165) is 12.0 Å². The van der Waals surface area contributed by atoms with Gasteiger partial charge in [0.15, 0.2) is 0 Å². The summed E-state index contributed by atoms with van der Waals surface area (Å²) < 4.78 is 0. The first-order chi connectivity index (χ1) is 12.3. The minimum Gasteiger partial charge on any atom is -0.481 e. The number of likely N-dealkylation sites (tertiary alicyclic amines) is 1. The van der Waals surface area contributed by atoms with Crippen LogP contribution in [0.1, 0.15) is 62.3 Å². The van der Waals surface area contributed by atoms with Crippen LogP contribution in [-0.4, -0.2) is 41.5 Å². The highest BCUT2D eigenvalue weighted by atomic mass is 16.4. The fourth-order valence-electron chi connectivity index (χ4n) is 3.98. The van der Waals surface area contributed by atoms with Crippen LogP contribution in [0.5, 0.6) is 0 Å². The third-order valence-corrected chi connectivity index (χ3v) is 5.64. The maximum atomic E-state index is 12.4. The molecule has 5 nitrogen and oxygen atoms in total. The predicted molar refractivity (Wildman–Crippen MR) is 103 cm³/mol. The van der Waals surface area contributed by atoms with E-state index in [1.54, 1.807) is 0 Å². The molecule has 144 valence electrons. The van der Waals surface area contributed by atoms with Gasteiger partial charge >= 0.3 is 5.97 Å². The Balaban J connectivity index is 1.89. The summed E-state index contributed by atoms with van der Waals surface area (Å²) in [7, 11) is 0. The van der Waals surface area contributed by atoms with E-state index in [4.69, 9.17) is 0 Å². The Hall–Kier alpha value is -1.88. The molecular formula is C21H32N2O3. The van der Waals surface area contributed by atoms with Gasteiger partial charge in [0.05, 0.1) is 18.0 Å². The molecule has 1 aliphatic rings. The Kier molecular flexibility index (Phi) is 6.81. The fraction of sp³-hybridized carbons (Fsp3) is 0.619. The Morgan fingerprint density at radius 3 is 2.50 bits per heavy atom. The van der Waals surface area contributed by atoms with E-state index < -0.39 is 11.4 Å². The van der Waals surface area contributed by atoms with Gasteiger partial charge in [0.2, 0.25) is 5.91 Å². The summed E-state index contributed by atoms with van der Waals surface area (Å²) in [5, 5.41) is 12.7. The van der Waals surface area contributed by atoms with Gasteiger partial charge in [-0.3, -0.25) is 14.5 Å². The third kappa shape index (κ3) is 4.85. The topological polar surface area (TPSA) is 69.6 Å². The van der Waals surface area contributed by atoms with Gasteiger partial charge in [-0.15, -0.1) is 0 Å². The smallest absolute Gasteiger partial charge is 0.309 e. The molecule has 0 spiro atoms. The summed E-state index contributed by atoms with van der Waals surface area (Å²) in [6.45, 7) is 9.80. The van der Waals surface area contributed by atoms with Crippen molar-refractivity contribution in [2.45, 2.75) is 59.4 Å². The molecule has 1 aromatic carbocycles. The van der Waals surface area contributed by atoms with Crippen molar-refractivity contribution in [2.75, 3.05) is 19.6 Å². The number of carbonyl (C=O) groups is 2. The number of hydrogen-bond donors (Lipinski definition) is 2. The summed E-state index contributed by atoms with van der Waals surface area (Å²) in [5.41, 5.74) is 2.90. The average molecular weight is 360 g/mol. The minimum absolute atomic E-state index is 0.00303. The zero-order valence-electron chi connectivity index (χ0n) is 16.5. The summed E-state index contributed by atoms with van der Waals surface area (Å²) in [6.07, 6.45) is 2.83. The van der Waals surface area contributed by atoms with Crippen LogP contribution >= 0.6 is 0 Å². The molecule has 1 atom stereocenters. The van der Waals surface area contributed by atoms with Crippen LogP contribution < -0.4 is 5.32 Å². The number of benzene rings is 1. The predicted octanol–water partition coefficient (Wildman–Crippen LogP) is 3.45. The van der Waals surface area contributed by atoms with Crippen molar-refractivity contribution in [3.05, 3.63) is 34.9 Å². The molecule has 26 heavy (non-hydrogen) atoms. The molecule has 1 fully saturated rings. The summed E-state index contributed by atoms with van der Waals surface area (Å²) in [5.74, 6) is -0.691. The van der Waals surface area contributed by atoms with Crippen LogP contribution in [0.25, 0.3) is 0 Å². The van der Waals surface area contributed by atoms with Crippen molar-refractivity contribution in [3.63, 3.8) is 0 Å². The van der Waals surface area contributed by atoms with E-state index in [2.05, 4.69) is 42.3 Å². The van der Waals surface area contributed by atoms with Gasteiger partial charge in [-0.1, -0.05) is 37.1 Å². The van der Waals surface area contributed by atoms with E-state index in [0.29, 0.717) is 38.9 Å². The van der Waals surface area contributed by atoms with Crippen LogP contribution in [0, 0.1) is 19.3 Å². The van der Waals surface area contributed by atoms with Crippen molar-refractivity contribution in [3.8, 4) is 0 Å². The number of nitrogens with zero attached hydrogens (tertiary/aromatic N) is 1. The molecule has 5 heteroatoms. The maximum Gasteiger partial charge on any atom is 0.309 e. The monoisotopic (exact) mass is 360 g/mol. The molecule has 2 rings (SSSR count). The number of rotatable bonds is 7. The highest BCUT2D eigenvalue weighted by molar-refractivity contribution is 5.79. The van der Waals surface area contributed by atoms with Gasteiger partial charge in [0.25, 0.3) is 0 Å². The molecule has 0 radical (unpaired) electrons. The molecule has 1 aromatic rings. The summed E-state index contributed by atoms with van der Waals surface area (Å²) in [4.78, 5) is 26.2. The zero-order chi connectivity index (χ0) is 19.3. The standard InChI is InChI=1S/C21H32N2O3/c1-5-8-21(20(25)26)9-11-23(12-10-21)14-19(24)22-17(4)18-13-15(2)6-7-16(18)3/h6-7,13,17H,5,8-12,14H2,1-4H3,(H,22,24)(H,25,26). The number of nitrogens with one attached hydrogen (secondary N) is 1. The maximum absolute atomic E-state index is 12.4. The summed E-state index contributed by atoms with van der Waals surface area (Å²) in [6, 6.07) is 6.24. The van der Waals surface area contributed by atoms with Crippen molar-refractivity contribution >= 4 is 11.9 Å². The molecule has 1 saturated heterocycles. The first-order valence-electron chi connectivity index (χ1n) is 9.59. The van der Waals surface area contributed by atoms with Crippen molar-refractivity contribution in [2.24, 2.45) is 5.41 Å². The lowest BCUT2D eigenvalue weighted by atomic mass is 9.75. The lowest BCUT2D eigenvalue weighted by Gasteiger charge is -2.38. The molecule has 2 N–H and O–H groups in total. The lowest BCUT2D eigenvalue weighted by molar-refractivity contribution is -0.152. The first-order valence-corrected chi connectivity index (χ1v) is 9.59. The van der Waals surface area contributed by atoms with Gasteiger partial charge < -0.3 is 10.4 Å². The van der Waals surface area contributed by atoms with E-state index in [1.807, 2.05) is 13.8 Å². The second-order valence-electron chi connectivity index (χ2n) is 7.76. The van der Waals surface area contributed by atoms with E-state index in [9.17, 15) is 14.7 Å². The number of hydrogen-bond acceptors (Lipinski definition) is 3. The van der Waals surface area contributed by atoms with E-state index in [1.165, 1.54) is 11.1 Å². The number of amides is 1. The van der Waals surface area contributed by atoms with Crippen LogP contribution in [0.4, 0.5) is 0 Å². The Bertz CT molecular complexity index is 649. The van der Waals surface area contributed by atoms with Crippen LogP contribution in [0.3, 0.4) is 0 Å². The third-order valence-electron chi connectivity index (χ3n) is 5.64. The highest BCUT2D eigenvalue weighted by Crippen LogP contribution is 2.36. The summed E-state index contributed by atoms with van der Waals surface area (Å²) >= 11 is 0. The molecule has 1 heterocycles.